The predicted molar refractivity (Wildman–Crippen MR) is 118 cm³/mol. The molecule has 0 fully saturated rings. The van der Waals surface area contributed by atoms with Crippen LogP contribution in [0.2, 0.25) is 0 Å². The van der Waals surface area contributed by atoms with Crippen LogP contribution in [0.25, 0.3) is 0 Å². The van der Waals surface area contributed by atoms with Crippen LogP contribution in [0.15, 0.2) is 18.2 Å². The molecule has 0 aliphatic carbocycles. The number of aromatic nitrogens is 2. The largest absolute Gasteiger partial charge is 0.419 e. The molecule has 3 amide bonds. The number of nitrogens with zero attached hydrogens (tertiary/aromatic N) is 4. The summed E-state index contributed by atoms with van der Waals surface area (Å²) in [7, 11) is 1.65. The predicted octanol–water partition coefficient (Wildman–Crippen LogP) is 3.49. The lowest BCUT2D eigenvalue weighted by atomic mass is 9.99. The number of halogens is 4. The van der Waals surface area contributed by atoms with Crippen molar-refractivity contribution in [1.82, 2.24) is 19.6 Å². The van der Waals surface area contributed by atoms with E-state index in [1.807, 2.05) is 6.92 Å². The van der Waals surface area contributed by atoms with Gasteiger partial charge in [-0.25, -0.2) is 9.18 Å². The van der Waals surface area contributed by atoms with Gasteiger partial charge in [-0.1, -0.05) is 6.92 Å². The first-order valence-corrected chi connectivity index (χ1v) is 11.4. The summed E-state index contributed by atoms with van der Waals surface area (Å²) < 4.78 is 54.4. The summed E-state index contributed by atoms with van der Waals surface area (Å²) in [5.41, 5.74) is -0.0616. The second-order valence-electron chi connectivity index (χ2n) is 9.18. The van der Waals surface area contributed by atoms with Crippen LogP contribution in [0.1, 0.15) is 47.6 Å². The number of aliphatic hydroxyl groups is 1. The Morgan fingerprint density at radius 3 is 2.69 bits per heavy atom. The molecule has 1 aromatic heterocycles. The van der Waals surface area contributed by atoms with Crippen molar-refractivity contribution >= 4 is 17.6 Å². The Morgan fingerprint density at radius 2 is 2.03 bits per heavy atom. The molecule has 0 saturated carbocycles. The Labute approximate surface area is 199 Å². The summed E-state index contributed by atoms with van der Waals surface area (Å²) in [5.74, 6) is -1.90. The zero-order chi connectivity index (χ0) is 25.7. The van der Waals surface area contributed by atoms with E-state index in [1.54, 1.807) is 18.7 Å². The van der Waals surface area contributed by atoms with E-state index in [2.05, 4.69) is 10.4 Å². The molecule has 1 aromatic carbocycles. The molecular weight excluding hydrogens is 470 g/mol. The second-order valence-corrected chi connectivity index (χ2v) is 9.18. The molecule has 2 aliphatic rings. The molecular formula is C23H27F4N5O3. The van der Waals surface area contributed by atoms with Crippen molar-refractivity contribution in [3.05, 3.63) is 46.5 Å². The number of aliphatic hydroxyl groups excluding tert-OH is 1. The normalized spacial score (nSPS) is 21.3. The van der Waals surface area contributed by atoms with E-state index < -0.39 is 29.7 Å². The molecule has 4 rings (SSSR count). The smallest absolute Gasteiger partial charge is 0.393 e. The van der Waals surface area contributed by atoms with E-state index in [0.717, 1.165) is 6.07 Å². The van der Waals surface area contributed by atoms with Gasteiger partial charge in [0, 0.05) is 49.8 Å². The monoisotopic (exact) mass is 497 g/mol. The highest BCUT2D eigenvalue weighted by molar-refractivity contribution is 5.95. The Morgan fingerprint density at radius 1 is 1.31 bits per heavy atom. The fraction of sp³-hybridized carbons (Fsp3) is 0.522. The van der Waals surface area contributed by atoms with Crippen LogP contribution < -0.4 is 5.32 Å². The number of fused-ring (bicyclic) bond motifs is 3. The topological polar surface area (TPSA) is 90.7 Å². The van der Waals surface area contributed by atoms with Gasteiger partial charge in [-0.2, -0.15) is 18.3 Å². The molecule has 2 N–H and O–H groups in total. The minimum atomic E-state index is -4.90. The molecule has 3 atom stereocenters. The first kappa shape index (κ1) is 25.0. The third kappa shape index (κ3) is 4.71. The Bertz CT molecular complexity index is 1150. The Kier molecular flexibility index (Phi) is 6.52. The molecule has 2 aliphatic heterocycles. The summed E-state index contributed by atoms with van der Waals surface area (Å²) in [4.78, 5) is 29.1. The SMILES string of the molecule is CC[C@H](O)C1CN(C)C(=O)c2c3c(nn2C1)C[C@@H](C)N(C(=O)Nc1ccc(F)c(C(F)(F)F)c1)C3. The molecule has 12 heteroatoms. The van der Waals surface area contributed by atoms with Gasteiger partial charge in [0.1, 0.15) is 11.5 Å². The van der Waals surface area contributed by atoms with Crippen molar-refractivity contribution in [2.45, 2.75) is 58.1 Å². The lowest BCUT2D eigenvalue weighted by Gasteiger charge is -2.33. The third-order valence-corrected chi connectivity index (χ3v) is 6.69. The fourth-order valence-corrected chi connectivity index (χ4v) is 4.73. The molecule has 190 valence electrons. The van der Waals surface area contributed by atoms with Gasteiger partial charge >= 0.3 is 12.2 Å². The molecule has 0 saturated heterocycles. The quantitative estimate of drug-likeness (QED) is 0.636. The number of hydrogen-bond acceptors (Lipinski definition) is 4. The molecule has 0 radical (unpaired) electrons. The number of alkyl halides is 3. The third-order valence-electron chi connectivity index (χ3n) is 6.69. The fourth-order valence-electron chi connectivity index (χ4n) is 4.73. The van der Waals surface area contributed by atoms with Crippen LogP contribution in [0.5, 0.6) is 0 Å². The van der Waals surface area contributed by atoms with Gasteiger partial charge in [-0.15, -0.1) is 0 Å². The van der Waals surface area contributed by atoms with Crippen molar-refractivity contribution in [3.8, 4) is 0 Å². The average Bonchev–Trinajstić information content (AvgIpc) is 3.07. The maximum atomic E-state index is 13.6. The van der Waals surface area contributed by atoms with Crippen LogP contribution in [0, 0.1) is 11.7 Å². The van der Waals surface area contributed by atoms with E-state index in [1.165, 1.54) is 9.80 Å². The van der Waals surface area contributed by atoms with Gasteiger partial charge in [-0.3, -0.25) is 9.48 Å². The number of carbonyl (C=O) groups is 2. The zero-order valence-electron chi connectivity index (χ0n) is 19.6. The first-order chi connectivity index (χ1) is 16.4. The zero-order valence-corrected chi connectivity index (χ0v) is 19.6. The number of benzene rings is 1. The highest BCUT2D eigenvalue weighted by atomic mass is 19.4. The highest BCUT2D eigenvalue weighted by Gasteiger charge is 2.38. The van der Waals surface area contributed by atoms with Gasteiger partial charge in [0.05, 0.1) is 23.9 Å². The van der Waals surface area contributed by atoms with E-state index in [9.17, 15) is 32.3 Å². The molecule has 0 spiro atoms. The number of anilines is 1. The van der Waals surface area contributed by atoms with E-state index >= 15 is 0 Å². The van der Waals surface area contributed by atoms with E-state index in [4.69, 9.17) is 0 Å². The van der Waals surface area contributed by atoms with Crippen molar-refractivity contribution in [3.63, 3.8) is 0 Å². The average molecular weight is 497 g/mol. The molecule has 35 heavy (non-hydrogen) atoms. The Balaban J connectivity index is 1.60. The van der Waals surface area contributed by atoms with Crippen LogP contribution in [0.4, 0.5) is 28.0 Å². The first-order valence-electron chi connectivity index (χ1n) is 11.4. The summed E-state index contributed by atoms with van der Waals surface area (Å²) in [6.07, 6.45) is -4.62. The van der Waals surface area contributed by atoms with Crippen LogP contribution >= 0.6 is 0 Å². The second kappa shape index (κ2) is 9.14. The van der Waals surface area contributed by atoms with Crippen LogP contribution in [-0.4, -0.2) is 62.4 Å². The van der Waals surface area contributed by atoms with Gasteiger partial charge in [0.25, 0.3) is 5.91 Å². The highest BCUT2D eigenvalue weighted by Crippen LogP contribution is 2.34. The van der Waals surface area contributed by atoms with Crippen molar-refractivity contribution in [1.29, 1.82) is 0 Å². The van der Waals surface area contributed by atoms with Gasteiger partial charge in [0.2, 0.25) is 0 Å². The molecule has 8 nitrogen and oxygen atoms in total. The number of carbonyl (C=O) groups excluding carboxylic acids is 2. The summed E-state index contributed by atoms with van der Waals surface area (Å²) in [6.45, 7) is 4.38. The number of nitrogens with one attached hydrogen (secondary N) is 1. The Hall–Kier alpha value is -3.15. The van der Waals surface area contributed by atoms with E-state index in [-0.39, 0.29) is 30.1 Å². The van der Waals surface area contributed by atoms with Gasteiger partial charge in [0.15, 0.2) is 0 Å². The number of urea groups is 1. The maximum absolute atomic E-state index is 13.6. The van der Waals surface area contributed by atoms with Crippen molar-refractivity contribution in [2.24, 2.45) is 5.92 Å². The minimum absolute atomic E-state index is 0.0333. The molecule has 3 heterocycles. The molecule has 2 aromatic rings. The van der Waals surface area contributed by atoms with Crippen molar-refractivity contribution in [2.75, 3.05) is 18.9 Å². The number of rotatable bonds is 3. The van der Waals surface area contributed by atoms with E-state index in [0.29, 0.717) is 55.0 Å². The number of hydrogen-bond donors (Lipinski definition) is 2. The minimum Gasteiger partial charge on any atom is -0.393 e. The number of amides is 3. The standard InChI is InChI=1S/C23H27F4N5O3/c1-4-19(33)13-9-30(3)21(34)20-15-11-31(12(2)7-18(15)29-32(20)10-13)22(35)28-14-5-6-17(24)16(8-14)23(25,26)27/h5-6,8,12-13,19,33H,4,7,9-11H2,1-3H3,(H,28,35)/t12-,13?,19+/m1/s1. The van der Waals surface area contributed by atoms with Crippen LogP contribution in [-0.2, 0) is 25.7 Å². The molecule has 1 unspecified atom stereocenters. The summed E-state index contributed by atoms with van der Waals surface area (Å²) >= 11 is 0. The maximum Gasteiger partial charge on any atom is 0.419 e. The van der Waals surface area contributed by atoms with Crippen molar-refractivity contribution < 1.29 is 32.3 Å². The van der Waals surface area contributed by atoms with Crippen LogP contribution in [0.3, 0.4) is 0 Å². The lowest BCUT2D eigenvalue weighted by molar-refractivity contribution is -0.139. The van der Waals surface area contributed by atoms with Gasteiger partial charge < -0.3 is 20.2 Å². The summed E-state index contributed by atoms with van der Waals surface area (Å²) in [6, 6.07) is 1.25. The summed E-state index contributed by atoms with van der Waals surface area (Å²) in [5, 5.41) is 17.4. The van der Waals surface area contributed by atoms with Gasteiger partial charge in [-0.05, 0) is 31.5 Å². The molecule has 0 bridgehead atoms. The lowest BCUT2D eigenvalue weighted by Crippen LogP contribution is -2.45.